The molecule has 1 aliphatic carbocycles. The van der Waals surface area contributed by atoms with E-state index in [-0.39, 0.29) is 17.5 Å². The van der Waals surface area contributed by atoms with Crippen LogP contribution in [-0.4, -0.2) is 52.2 Å². The molecule has 6 nitrogen and oxygen atoms in total. The number of ether oxygens (including phenoxy) is 1. The van der Waals surface area contributed by atoms with Crippen LogP contribution in [0, 0.1) is 0 Å². The van der Waals surface area contributed by atoms with Gasteiger partial charge in [0.25, 0.3) is 11.8 Å². The highest BCUT2D eigenvalue weighted by Gasteiger charge is 2.54. The monoisotopic (exact) mass is 406 g/mol. The molecule has 9 heteroatoms. The molecule has 0 radical (unpaired) electrons. The van der Waals surface area contributed by atoms with Crippen LogP contribution in [0.2, 0.25) is 0 Å². The van der Waals surface area contributed by atoms with Crippen molar-refractivity contribution >= 4 is 17.7 Å². The molecule has 1 spiro atoms. The van der Waals surface area contributed by atoms with Crippen molar-refractivity contribution in [3.8, 4) is 0 Å². The Morgan fingerprint density at radius 3 is 2.31 bits per heavy atom. The predicted molar refractivity (Wildman–Crippen MR) is 94.4 cm³/mol. The third kappa shape index (κ3) is 3.05. The van der Waals surface area contributed by atoms with Gasteiger partial charge in [-0.25, -0.2) is 5.01 Å². The van der Waals surface area contributed by atoms with Crippen LogP contribution in [0.3, 0.4) is 0 Å². The summed E-state index contributed by atoms with van der Waals surface area (Å²) in [7, 11) is 0. The number of nitrogens with zero attached hydrogens (tertiary/aromatic N) is 2. The maximum atomic E-state index is 12.9. The molecule has 1 aromatic rings. The van der Waals surface area contributed by atoms with Crippen LogP contribution in [0.5, 0.6) is 0 Å². The number of imide groups is 1. The van der Waals surface area contributed by atoms with Crippen LogP contribution < -0.4 is 0 Å². The van der Waals surface area contributed by atoms with Gasteiger partial charge in [0.2, 0.25) is 5.91 Å². The first kappa shape index (κ1) is 19.4. The molecule has 0 saturated carbocycles. The van der Waals surface area contributed by atoms with E-state index < -0.39 is 42.1 Å². The van der Waals surface area contributed by atoms with Gasteiger partial charge in [0, 0.05) is 6.42 Å². The Morgan fingerprint density at radius 1 is 1.14 bits per heavy atom. The molecule has 2 aliphatic heterocycles. The second-order valence-electron chi connectivity index (χ2n) is 7.20. The van der Waals surface area contributed by atoms with E-state index in [0.717, 1.165) is 10.0 Å². The maximum absolute atomic E-state index is 12.9. The summed E-state index contributed by atoms with van der Waals surface area (Å²) in [5, 5.41) is 1.98. The van der Waals surface area contributed by atoms with Crippen molar-refractivity contribution in [2.75, 3.05) is 6.61 Å². The smallest absolute Gasteiger partial charge is 0.361 e. The number of hydrazine groups is 1. The largest absolute Gasteiger partial charge is 0.411 e. The number of hydrogen-bond donors (Lipinski definition) is 0. The van der Waals surface area contributed by atoms with E-state index in [1.165, 1.54) is 24.3 Å². The van der Waals surface area contributed by atoms with E-state index >= 15 is 0 Å². The summed E-state index contributed by atoms with van der Waals surface area (Å²) in [5.41, 5.74) is -0.141. The van der Waals surface area contributed by atoms with Gasteiger partial charge in [-0.05, 0) is 31.1 Å². The van der Waals surface area contributed by atoms with Gasteiger partial charge < -0.3 is 4.74 Å². The molecule has 0 N–H and O–H groups in total. The molecule has 0 aromatic heterocycles. The molecular weight excluding hydrogens is 389 g/mol. The third-order valence-corrected chi connectivity index (χ3v) is 5.41. The van der Waals surface area contributed by atoms with Crippen molar-refractivity contribution < 1.29 is 32.3 Å². The average molecular weight is 406 g/mol. The van der Waals surface area contributed by atoms with Gasteiger partial charge in [-0.1, -0.05) is 30.4 Å². The Bertz CT molecular complexity index is 934. The standard InChI is InChI=1S/C20H17F3N2O4/c1-12-10-13(29-11-20(21,22)23)6-8-19(12)9-7-16(26)25(19)24-17(27)14-4-2-3-5-15(14)18(24)28/h2-6,8,10,13H,7,9,11H2,1H3. The van der Waals surface area contributed by atoms with E-state index in [4.69, 9.17) is 4.74 Å². The molecular formula is C20H17F3N2O4. The maximum Gasteiger partial charge on any atom is 0.411 e. The Kier molecular flexibility index (Phi) is 4.38. The Balaban J connectivity index is 1.66. The van der Waals surface area contributed by atoms with Crippen LogP contribution in [0.15, 0.2) is 48.1 Å². The van der Waals surface area contributed by atoms with E-state index in [0.29, 0.717) is 12.0 Å². The first-order valence-electron chi connectivity index (χ1n) is 9.01. The van der Waals surface area contributed by atoms with Crippen LogP contribution >= 0.6 is 0 Å². The highest BCUT2D eigenvalue weighted by molar-refractivity contribution is 6.21. The number of carbonyl (C=O) groups is 3. The lowest BCUT2D eigenvalue weighted by atomic mass is 9.83. The molecule has 1 aromatic carbocycles. The summed E-state index contributed by atoms with van der Waals surface area (Å²) in [5.74, 6) is -1.61. The van der Waals surface area contributed by atoms with E-state index in [1.54, 1.807) is 25.1 Å². The summed E-state index contributed by atoms with van der Waals surface area (Å²) in [6.45, 7) is 0.247. The van der Waals surface area contributed by atoms with E-state index in [2.05, 4.69) is 0 Å². The Labute approximate surface area is 164 Å². The minimum Gasteiger partial charge on any atom is -0.361 e. The predicted octanol–water partition coefficient (Wildman–Crippen LogP) is 3.02. The molecule has 152 valence electrons. The normalized spacial score (nSPS) is 26.6. The van der Waals surface area contributed by atoms with Crippen LogP contribution in [0.25, 0.3) is 0 Å². The van der Waals surface area contributed by atoms with Crippen LogP contribution in [-0.2, 0) is 9.53 Å². The second kappa shape index (κ2) is 6.55. The molecule has 3 amide bonds. The zero-order valence-electron chi connectivity index (χ0n) is 15.4. The lowest BCUT2D eigenvalue weighted by Crippen LogP contribution is -2.58. The summed E-state index contributed by atoms with van der Waals surface area (Å²) in [6, 6.07) is 6.29. The summed E-state index contributed by atoms with van der Waals surface area (Å²) < 4.78 is 42.2. The number of amides is 3. The quantitative estimate of drug-likeness (QED) is 0.572. The Hall–Kier alpha value is -2.94. The molecule has 2 heterocycles. The summed E-state index contributed by atoms with van der Waals surface area (Å²) >= 11 is 0. The van der Waals surface area contributed by atoms with Crippen molar-refractivity contribution in [1.82, 2.24) is 10.0 Å². The first-order chi connectivity index (χ1) is 13.6. The average Bonchev–Trinajstić information content (AvgIpc) is 3.11. The molecule has 1 fully saturated rings. The molecule has 29 heavy (non-hydrogen) atoms. The highest BCUT2D eigenvalue weighted by atomic mass is 19.4. The summed E-state index contributed by atoms with van der Waals surface area (Å²) in [6.07, 6.45) is -0.529. The van der Waals surface area contributed by atoms with Gasteiger partial charge in [-0.2, -0.15) is 18.2 Å². The molecule has 1 saturated heterocycles. The van der Waals surface area contributed by atoms with Crippen molar-refractivity contribution in [2.24, 2.45) is 0 Å². The highest BCUT2D eigenvalue weighted by Crippen LogP contribution is 2.43. The molecule has 4 rings (SSSR count). The van der Waals surface area contributed by atoms with Gasteiger partial charge in [-0.15, -0.1) is 0 Å². The second-order valence-corrected chi connectivity index (χ2v) is 7.20. The van der Waals surface area contributed by atoms with Crippen molar-refractivity contribution in [3.63, 3.8) is 0 Å². The van der Waals surface area contributed by atoms with Gasteiger partial charge in [-0.3, -0.25) is 14.4 Å². The van der Waals surface area contributed by atoms with E-state index in [1.807, 2.05) is 0 Å². The molecule has 2 unspecified atom stereocenters. The van der Waals surface area contributed by atoms with Gasteiger partial charge >= 0.3 is 6.18 Å². The number of alkyl halides is 3. The number of benzene rings is 1. The van der Waals surface area contributed by atoms with Crippen LogP contribution in [0.4, 0.5) is 13.2 Å². The Morgan fingerprint density at radius 2 is 1.76 bits per heavy atom. The van der Waals surface area contributed by atoms with E-state index in [9.17, 15) is 27.6 Å². The van der Waals surface area contributed by atoms with Crippen molar-refractivity contribution in [3.05, 3.63) is 59.2 Å². The number of hydrogen-bond acceptors (Lipinski definition) is 4. The number of halogens is 3. The number of rotatable bonds is 3. The number of fused-ring (bicyclic) bond motifs is 1. The topological polar surface area (TPSA) is 66.9 Å². The minimum atomic E-state index is -4.46. The number of carbonyl (C=O) groups excluding carboxylic acids is 3. The minimum absolute atomic E-state index is 0.0942. The SMILES string of the molecule is CC1=CC(OCC(F)(F)F)C=CC12CCC(=O)N2N1C(=O)c2ccccc2C1=O. The third-order valence-electron chi connectivity index (χ3n) is 5.41. The first-order valence-corrected chi connectivity index (χ1v) is 9.01. The fourth-order valence-electron chi connectivity index (χ4n) is 4.02. The molecule has 0 bridgehead atoms. The van der Waals surface area contributed by atoms with Gasteiger partial charge in [0.1, 0.15) is 12.1 Å². The summed E-state index contributed by atoms with van der Waals surface area (Å²) in [4.78, 5) is 38.4. The van der Waals surface area contributed by atoms with Crippen molar-refractivity contribution in [1.29, 1.82) is 0 Å². The fraction of sp³-hybridized carbons (Fsp3) is 0.350. The van der Waals surface area contributed by atoms with Crippen molar-refractivity contribution in [2.45, 2.75) is 37.6 Å². The molecule has 2 atom stereocenters. The lowest BCUT2D eigenvalue weighted by molar-refractivity contribution is -0.177. The zero-order chi connectivity index (χ0) is 21.0. The fourth-order valence-corrected chi connectivity index (χ4v) is 4.02. The van der Waals surface area contributed by atoms with Gasteiger partial charge in [0.15, 0.2) is 0 Å². The molecule has 3 aliphatic rings. The zero-order valence-corrected chi connectivity index (χ0v) is 15.4. The lowest BCUT2D eigenvalue weighted by Gasteiger charge is -2.42. The van der Waals surface area contributed by atoms with Crippen LogP contribution in [0.1, 0.15) is 40.5 Å². The van der Waals surface area contributed by atoms with Gasteiger partial charge in [0.05, 0.1) is 17.2 Å².